The van der Waals surface area contributed by atoms with Crippen molar-refractivity contribution >= 4 is 23.0 Å². The summed E-state index contributed by atoms with van der Waals surface area (Å²) in [4.78, 5) is 13.3. The molecule has 1 fully saturated rings. The Labute approximate surface area is 137 Å². The standard InChI is InChI=1S/C19H23N3O/c1-15(23)22-13-11-17(12-14-22)21-19-10-6-5-9-18(19)20-16-7-3-2-4-8-16/h2-10,17,20-21H,11-14H2,1H3. The van der Waals surface area contributed by atoms with E-state index >= 15 is 0 Å². The van der Waals surface area contributed by atoms with Crippen LogP contribution in [0.4, 0.5) is 17.1 Å². The van der Waals surface area contributed by atoms with Gasteiger partial charge < -0.3 is 15.5 Å². The Balaban J connectivity index is 1.66. The van der Waals surface area contributed by atoms with Crippen LogP contribution in [-0.2, 0) is 4.79 Å². The summed E-state index contributed by atoms with van der Waals surface area (Å²) in [5, 5.41) is 7.09. The smallest absolute Gasteiger partial charge is 0.219 e. The minimum atomic E-state index is 0.176. The third-order valence-electron chi connectivity index (χ3n) is 4.28. The number of anilines is 3. The van der Waals surface area contributed by atoms with E-state index in [1.165, 1.54) is 0 Å². The molecule has 0 saturated carbocycles. The fourth-order valence-electron chi connectivity index (χ4n) is 2.95. The number of nitrogens with zero attached hydrogens (tertiary/aromatic N) is 1. The van der Waals surface area contributed by atoms with Crippen LogP contribution in [0.25, 0.3) is 0 Å². The zero-order chi connectivity index (χ0) is 16.1. The third kappa shape index (κ3) is 4.03. The predicted molar refractivity (Wildman–Crippen MR) is 95.1 cm³/mol. The lowest BCUT2D eigenvalue weighted by Gasteiger charge is -2.32. The first-order valence-corrected chi connectivity index (χ1v) is 8.15. The van der Waals surface area contributed by atoms with E-state index in [4.69, 9.17) is 0 Å². The van der Waals surface area contributed by atoms with Crippen LogP contribution in [0.15, 0.2) is 54.6 Å². The van der Waals surface area contributed by atoms with Gasteiger partial charge in [0, 0.05) is 31.7 Å². The SMILES string of the molecule is CC(=O)N1CCC(Nc2ccccc2Nc2ccccc2)CC1. The summed E-state index contributed by atoms with van der Waals surface area (Å²) in [6, 6.07) is 18.8. The minimum Gasteiger partial charge on any atom is -0.380 e. The van der Waals surface area contributed by atoms with Crippen molar-refractivity contribution in [2.24, 2.45) is 0 Å². The van der Waals surface area contributed by atoms with Gasteiger partial charge in [0.15, 0.2) is 0 Å². The summed E-state index contributed by atoms with van der Waals surface area (Å²) in [5.74, 6) is 0.176. The first kappa shape index (κ1) is 15.4. The van der Waals surface area contributed by atoms with Crippen LogP contribution in [0.2, 0.25) is 0 Å². The van der Waals surface area contributed by atoms with Crippen molar-refractivity contribution in [3.63, 3.8) is 0 Å². The number of piperidine rings is 1. The zero-order valence-corrected chi connectivity index (χ0v) is 13.5. The number of amides is 1. The number of carbonyl (C=O) groups is 1. The Kier molecular flexibility index (Phi) is 4.81. The zero-order valence-electron chi connectivity index (χ0n) is 13.5. The maximum absolute atomic E-state index is 11.4. The molecule has 4 nitrogen and oxygen atoms in total. The number of likely N-dealkylation sites (tertiary alicyclic amines) is 1. The van der Waals surface area contributed by atoms with Crippen molar-refractivity contribution in [3.05, 3.63) is 54.6 Å². The van der Waals surface area contributed by atoms with Gasteiger partial charge in [-0.05, 0) is 37.1 Å². The second kappa shape index (κ2) is 7.18. The van der Waals surface area contributed by atoms with Crippen LogP contribution >= 0.6 is 0 Å². The Morgan fingerprint density at radius 1 is 0.957 bits per heavy atom. The van der Waals surface area contributed by atoms with E-state index in [2.05, 4.69) is 34.9 Å². The second-order valence-corrected chi connectivity index (χ2v) is 5.96. The molecule has 23 heavy (non-hydrogen) atoms. The van der Waals surface area contributed by atoms with Crippen molar-refractivity contribution < 1.29 is 4.79 Å². The number of rotatable bonds is 4. The summed E-state index contributed by atoms with van der Waals surface area (Å²) in [7, 11) is 0. The van der Waals surface area contributed by atoms with E-state index < -0.39 is 0 Å². The van der Waals surface area contributed by atoms with Crippen molar-refractivity contribution in [1.82, 2.24) is 4.90 Å². The van der Waals surface area contributed by atoms with Crippen LogP contribution in [0, 0.1) is 0 Å². The summed E-state index contributed by atoms with van der Waals surface area (Å²) < 4.78 is 0. The van der Waals surface area contributed by atoms with Gasteiger partial charge in [-0.15, -0.1) is 0 Å². The van der Waals surface area contributed by atoms with Crippen molar-refractivity contribution in [2.45, 2.75) is 25.8 Å². The van der Waals surface area contributed by atoms with Gasteiger partial charge in [-0.25, -0.2) is 0 Å². The molecule has 2 N–H and O–H groups in total. The normalized spacial score (nSPS) is 15.3. The van der Waals surface area contributed by atoms with Gasteiger partial charge in [0.1, 0.15) is 0 Å². The predicted octanol–water partition coefficient (Wildman–Crippen LogP) is 3.85. The summed E-state index contributed by atoms with van der Waals surface area (Å²) in [6.45, 7) is 3.31. The Bertz CT molecular complexity index is 649. The van der Waals surface area contributed by atoms with E-state index in [-0.39, 0.29) is 5.91 Å². The number of nitrogens with one attached hydrogen (secondary N) is 2. The molecule has 2 aromatic rings. The molecule has 3 rings (SSSR count). The Morgan fingerprint density at radius 3 is 2.22 bits per heavy atom. The highest BCUT2D eigenvalue weighted by atomic mass is 16.2. The fourth-order valence-corrected chi connectivity index (χ4v) is 2.95. The highest BCUT2D eigenvalue weighted by Gasteiger charge is 2.21. The van der Waals surface area contributed by atoms with Crippen LogP contribution in [0.5, 0.6) is 0 Å². The molecule has 0 unspecified atom stereocenters. The van der Waals surface area contributed by atoms with E-state index in [9.17, 15) is 4.79 Å². The molecule has 1 aliphatic rings. The van der Waals surface area contributed by atoms with Crippen LogP contribution < -0.4 is 10.6 Å². The average molecular weight is 309 g/mol. The number of benzene rings is 2. The maximum atomic E-state index is 11.4. The molecule has 0 aromatic heterocycles. The van der Waals surface area contributed by atoms with Gasteiger partial charge in [-0.2, -0.15) is 0 Å². The summed E-state index contributed by atoms with van der Waals surface area (Å²) in [5.41, 5.74) is 3.26. The van der Waals surface area contributed by atoms with Gasteiger partial charge in [-0.3, -0.25) is 4.79 Å². The molecule has 0 radical (unpaired) electrons. The molecule has 0 aliphatic carbocycles. The number of carbonyl (C=O) groups excluding carboxylic acids is 1. The molecule has 1 heterocycles. The van der Waals surface area contributed by atoms with Crippen molar-refractivity contribution in [3.8, 4) is 0 Å². The molecule has 1 aliphatic heterocycles. The number of para-hydroxylation sites is 3. The quantitative estimate of drug-likeness (QED) is 0.901. The maximum Gasteiger partial charge on any atom is 0.219 e. The van der Waals surface area contributed by atoms with Crippen molar-refractivity contribution in [2.75, 3.05) is 23.7 Å². The fraction of sp³-hybridized carbons (Fsp3) is 0.316. The van der Waals surface area contributed by atoms with Crippen molar-refractivity contribution in [1.29, 1.82) is 0 Å². The molecule has 1 amide bonds. The van der Waals surface area contributed by atoms with Gasteiger partial charge in [-0.1, -0.05) is 30.3 Å². The van der Waals surface area contributed by atoms with E-state index in [0.717, 1.165) is 43.0 Å². The minimum absolute atomic E-state index is 0.176. The Morgan fingerprint density at radius 2 is 1.57 bits per heavy atom. The van der Waals surface area contributed by atoms with E-state index in [0.29, 0.717) is 6.04 Å². The largest absolute Gasteiger partial charge is 0.380 e. The van der Waals surface area contributed by atoms with Crippen LogP contribution in [0.1, 0.15) is 19.8 Å². The second-order valence-electron chi connectivity index (χ2n) is 5.96. The first-order valence-electron chi connectivity index (χ1n) is 8.15. The molecule has 2 aromatic carbocycles. The molecule has 0 atom stereocenters. The van der Waals surface area contributed by atoms with Crippen LogP contribution in [-0.4, -0.2) is 29.9 Å². The van der Waals surface area contributed by atoms with E-state index in [1.807, 2.05) is 35.2 Å². The van der Waals surface area contributed by atoms with Gasteiger partial charge in [0.05, 0.1) is 11.4 Å². The summed E-state index contributed by atoms with van der Waals surface area (Å²) in [6.07, 6.45) is 1.97. The molecule has 0 bridgehead atoms. The number of hydrogen-bond acceptors (Lipinski definition) is 3. The lowest BCUT2D eigenvalue weighted by molar-refractivity contribution is -0.129. The molecular weight excluding hydrogens is 286 g/mol. The summed E-state index contributed by atoms with van der Waals surface area (Å²) >= 11 is 0. The first-order chi connectivity index (χ1) is 11.2. The third-order valence-corrected chi connectivity index (χ3v) is 4.28. The topological polar surface area (TPSA) is 44.4 Å². The van der Waals surface area contributed by atoms with Gasteiger partial charge >= 0.3 is 0 Å². The average Bonchev–Trinajstić information content (AvgIpc) is 2.58. The monoisotopic (exact) mass is 309 g/mol. The molecule has 1 saturated heterocycles. The van der Waals surface area contributed by atoms with Crippen LogP contribution in [0.3, 0.4) is 0 Å². The van der Waals surface area contributed by atoms with Gasteiger partial charge in [0.2, 0.25) is 5.91 Å². The molecule has 4 heteroatoms. The lowest BCUT2D eigenvalue weighted by atomic mass is 10.0. The number of hydrogen-bond donors (Lipinski definition) is 2. The van der Waals surface area contributed by atoms with Gasteiger partial charge in [0.25, 0.3) is 0 Å². The molecule has 120 valence electrons. The van der Waals surface area contributed by atoms with E-state index in [1.54, 1.807) is 6.92 Å². The highest BCUT2D eigenvalue weighted by molar-refractivity contribution is 5.75. The highest BCUT2D eigenvalue weighted by Crippen LogP contribution is 2.27. The lowest BCUT2D eigenvalue weighted by Crippen LogP contribution is -2.41. The molecule has 0 spiro atoms. The Hall–Kier alpha value is -2.49. The molecular formula is C19H23N3O.